The molecule has 2 aromatic carbocycles. The van der Waals surface area contributed by atoms with Crippen LogP contribution in [-0.4, -0.2) is 9.97 Å². The number of nitrogens with one attached hydrogen (secondary N) is 2. The number of para-hydroxylation sites is 1. The number of benzene rings is 2. The lowest BCUT2D eigenvalue weighted by Crippen LogP contribution is -2.03. The van der Waals surface area contributed by atoms with Crippen LogP contribution in [0.25, 0.3) is 0 Å². The molecule has 0 fully saturated rings. The van der Waals surface area contributed by atoms with Crippen molar-refractivity contribution in [3.8, 4) is 0 Å². The molecule has 3 aromatic rings. The van der Waals surface area contributed by atoms with Crippen molar-refractivity contribution in [2.24, 2.45) is 0 Å². The topological polar surface area (TPSA) is 49.8 Å². The molecule has 5 heteroatoms. The number of hydrogen-bond acceptors (Lipinski definition) is 4. The summed E-state index contributed by atoms with van der Waals surface area (Å²) in [6.45, 7) is 4.00. The summed E-state index contributed by atoms with van der Waals surface area (Å²) in [6.07, 6.45) is 0. The molecule has 2 N–H and O–H groups in total. The van der Waals surface area contributed by atoms with Crippen molar-refractivity contribution in [2.45, 2.75) is 13.8 Å². The molecule has 1 aromatic heterocycles. The first-order chi connectivity index (χ1) is 11.1. The summed E-state index contributed by atoms with van der Waals surface area (Å²) in [5.74, 6) is 1.28. The maximum absolute atomic E-state index is 6.01. The molecule has 0 saturated heterocycles. The summed E-state index contributed by atoms with van der Waals surface area (Å²) in [5, 5.41) is 7.18. The molecule has 116 valence electrons. The zero-order valence-corrected chi connectivity index (χ0v) is 13.7. The minimum absolute atomic E-state index is 0.531. The van der Waals surface area contributed by atoms with Crippen LogP contribution in [0, 0.1) is 13.8 Å². The number of nitrogens with zero attached hydrogens (tertiary/aromatic N) is 2. The normalized spacial score (nSPS) is 10.4. The van der Waals surface area contributed by atoms with Crippen LogP contribution < -0.4 is 10.6 Å². The fourth-order valence-electron chi connectivity index (χ4n) is 2.23. The lowest BCUT2D eigenvalue weighted by Gasteiger charge is -2.11. The largest absolute Gasteiger partial charge is 0.340 e. The van der Waals surface area contributed by atoms with Gasteiger partial charge in [-0.3, -0.25) is 0 Å². The fraction of sp³-hybridized carbons (Fsp3) is 0.111. The molecular weight excluding hydrogens is 308 g/mol. The lowest BCUT2D eigenvalue weighted by atomic mass is 10.2. The Balaban J connectivity index is 1.86. The van der Waals surface area contributed by atoms with Gasteiger partial charge in [0.1, 0.15) is 5.82 Å². The molecule has 0 unspecified atom stereocenters. The zero-order valence-electron chi connectivity index (χ0n) is 13.0. The van der Waals surface area contributed by atoms with E-state index in [-0.39, 0.29) is 0 Å². The highest BCUT2D eigenvalue weighted by Gasteiger charge is 2.05. The molecule has 0 aliphatic rings. The Morgan fingerprint density at radius 1 is 0.870 bits per heavy atom. The van der Waals surface area contributed by atoms with Gasteiger partial charge in [0.25, 0.3) is 0 Å². The molecule has 0 radical (unpaired) electrons. The van der Waals surface area contributed by atoms with Gasteiger partial charge in [-0.25, -0.2) is 4.98 Å². The molecule has 0 aliphatic carbocycles. The summed E-state index contributed by atoms with van der Waals surface area (Å²) in [4.78, 5) is 8.94. The highest BCUT2D eigenvalue weighted by Crippen LogP contribution is 2.22. The van der Waals surface area contributed by atoms with Crippen LogP contribution in [0.15, 0.2) is 54.6 Å². The van der Waals surface area contributed by atoms with Crippen LogP contribution >= 0.6 is 11.6 Å². The molecule has 3 rings (SSSR count). The van der Waals surface area contributed by atoms with E-state index < -0.39 is 0 Å². The van der Waals surface area contributed by atoms with Crippen molar-refractivity contribution in [1.29, 1.82) is 0 Å². The summed E-state index contributed by atoms with van der Waals surface area (Å²) in [7, 11) is 0. The molecule has 4 nitrogen and oxygen atoms in total. The second-order valence-corrected chi connectivity index (χ2v) is 5.73. The molecule has 0 saturated carbocycles. The van der Waals surface area contributed by atoms with E-state index in [9.17, 15) is 0 Å². The average molecular weight is 325 g/mol. The van der Waals surface area contributed by atoms with Crippen molar-refractivity contribution < 1.29 is 0 Å². The molecule has 0 atom stereocenters. The predicted molar refractivity (Wildman–Crippen MR) is 96.0 cm³/mol. The number of hydrogen-bond donors (Lipinski definition) is 2. The average Bonchev–Trinajstić information content (AvgIpc) is 2.49. The van der Waals surface area contributed by atoms with E-state index in [1.165, 1.54) is 0 Å². The van der Waals surface area contributed by atoms with Gasteiger partial charge in [0.2, 0.25) is 5.95 Å². The second kappa shape index (κ2) is 6.67. The Bertz CT molecular complexity index is 833. The molecule has 23 heavy (non-hydrogen) atoms. The van der Waals surface area contributed by atoms with Crippen LogP contribution in [0.2, 0.25) is 5.02 Å². The van der Waals surface area contributed by atoms with E-state index in [0.717, 1.165) is 28.5 Å². The number of halogens is 1. The van der Waals surface area contributed by atoms with Crippen molar-refractivity contribution in [2.75, 3.05) is 10.6 Å². The standard InChI is InChI=1S/C18H17ClN4/c1-12-6-3-4-9-16(12)22-17-10-13(2)20-18(23-17)21-15-8-5-7-14(19)11-15/h3-11H,1-2H3,(H2,20,21,22,23). The molecule has 0 bridgehead atoms. The Kier molecular flexibility index (Phi) is 4.44. The van der Waals surface area contributed by atoms with Gasteiger partial charge in [0, 0.05) is 28.2 Å². The first-order valence-corrected chi connectivity index (χ1v) is 7.69. The number of anilines is 4. The quantitative estimate of drug-likeness (QED) is 0.689. The molecule has 0 spiro atoms. The summed E-state index contributed by atoms with van der Waals surface area (Å²) in [5.41, 5.74) is 3.91. The van der Waals surface area contributed by atoms with Crippen molar-refractivity contribution in [3.63, 3.8) is 0 Å². The number of rotatable bonds is 4. The summed E-state index contributed by atoms with van der Waals surface area (Å²) < 4.78 is 0. The van der Waals surface area contributed by atoms with Gasteiger partial charge < -0.3 is 10.6 Å². The van der Waals surface area contributed by atoms with E-state index in [4.69, 9.17) is 11.6 Å². The van der Waals surface area contributed by atoms with Gasteiger partial charge in [-0.2, -0.15) is 4.98 Å². The molecular formula is C18H17ClN4. The van der Waals surface area contributed by atoms with E-state index >= 15 is 0 Å². The molecule has 0 aliphatic heterocycles. The van der Waals surface area contributed by atoms with Crippen LogP contribution in [0.4, 0.5) is 23.1 Å². The SMILES string of the molecule is Cc1cc(Nc2ccccc2C)nc(Nc2cccc(Cl)c2)n1. The highest BCUT2D eigenvalue weighted by molar-refractivity contribution is 6.30. The first kappa shape index (κ1) is 15.3. The third-order valence-corrected chi connectivity index (χ3v) is 3.58. The van der Waals surface area contributed by atoms with Gasteiger partial charge in [-0.1, -0.05) is 35.9 Å². The van der Waals surface area contributed by atoms with Crippen molar-refractivity contribution >= 4 is 34.7 Å². The third kappa shape index (κ3) is 3.99. The zero-order chi connectivity index (χ0) is 16.2. The van der Waals surface area contributed by atoms with Crippen molar-refractivity contribution in [3.05, 3.63) is 70.9 Å². The van der Waals surface area contributed by atoms with Gasteiger partial charge in [0.15, 0.2) is 0 Å². The maximum atomic E-state index is 6.01. The number of aromatic nitrogens is 2. The molecule has 1 heterocycles. The van der Waals surface area contributed by atoms with Gasteiger partial charge in [-0.15, -0.1) is 0 Å². The Labute approximate surface area is 140 Å². The van der Waals surface area contributed by atoms with E-state index in [2.05, 4.69) is 33.6 Å². The predicted octanol–water partition coefficient (Wildman–Crippen LogP) is 5.23. The number of aryl methyl sites for hydroxylation is 2. The second-order valence-electron chi connectivity index (χ2n) is 5.29. The summed E-state index contributed by atoms with van der Waals surface area (Å²) >= 11 is 6.01. The van der Waals surface area contributed by atoms with E-state index in [1.54, 1.807) is 0 Å². The van der Waals surface area contributed by atoms with Crippen LogP contribution in [0.5, 0.6) is 0 Å². The van der Waals surface area contributed by atoms with Crippen LogP contribution in [0.1, 0.15) is 11.3 Å². The Morgan fingerprint density at radius 2 is 1.70 bits per heavy atom. The fourth-order valence-corrected chi connectivity index (χ4v) is 2.43. The van der Waals surface area contributed by atoms with Crippen molar-refractivity contribution in [1.82, 2.24) is 9.97 Å². The van der Waals surface area contributed by atoms with E-state index in [0.29, 0.717) is 11.0 Å². The minimum atomic E-state index is 0.531. The van der Waals surface area contributed by atoms with Gasteiger partial charge in [0.05, 0.1) is 0 Å². The van der Waals surface area contributed by atoms with E-state index in [1.807, 2.05) is 55.5 Å². The minimum Gasteiger partial charge on any atom is -0.340 e. The molecule has 0 amide bonds. The summed E-state index contributed by atoms with van der Waals surface area (Å²) in [6, 6.07) is 17.5. The van der Waals surface area contributed by atoms with Gasteiger partial charge >= 0.3 is 0 Å². The third-order valence-electron chi connectivity index (χ3n) is 3.34. The smallest absolute Gasteiger partial charge is 0.229 e. The maximum Gasteiger partial charge on any atom is 0.229 e. The van der Waals surface area contributed by atoms with Gasteiger partial charge in [-0.05, 0) is 43.7 Å². The monoisotopic (exact) mass is 324 g/mol. The highest BCUT2D eigenvalue weighted by atomic mass is 35.5. The van der Waals surface area contributed by atoms with Crippen LogP contribution in [0.3, 0.4) is 0 Å². The Hall–Kier alpha value is -2.59. The van der Waals surface area contributed by atoms with Crippen LogP contribution in [-0.2, 0) is 0 Å². The lowest BCUT2D eigenvalue weighted by molar-refractivity contribution is 1.11. The Morgan fingerprint density at radius 3 is 2.48 bits per heavy atom. The first-order valence-electron chi connectivity index (χ1n) is 7.31.